The van der Waals surface area contributed by atoms with E-state index < -0.39 is 0 Å². The summed E-state index contributed by atoms with van der Waals surface area (Å²) in [7, 11) is 0. The zero-order valence-corrected chi connectivity index (χ0v) is 18.3. The second kappa shape index (κ2) is 9.92. The minimum absolute atomic E-state index is 0.235. The average Bonchev–Trinajstić information content (AvgIpc) is 2.82. The lowest BCUT2D eigenvalue weighted by atomic mass is 10.0. The van der Waals surface area contributed by atoms with E-state index >= 15 is 0 Å². The molecule has 3 aromatic carbocycles. The Morgan fingerprint density at radius 2 is 1.56 bits per heavy atom. The minimum atomic E-state index is -0.235. The second-order valence-electron chi connectivity index (χ2n) is 7.86. The summed E-state index contributed by atoms with van der Waals surface area (Å²) in [5.41, 5.74) is 3.85. The van der Waals surface area contributed by atoms with Crippen LogP contribution in [-0.4, -0.2) is 29.1 Å². The van der Waals surface area contributed by atoms with Crippen molar-refractivity contribution in [1.82, 2.24) is 15.3 Å². The molecule has 0 saturated carbocycles. The van der Waals surface area contributed by atoms with Gasteiger partial charge < -0.3 is 16.0 Å². The van der Waals surface area contributed by atoms with Crippen LogP contribution in [0.4, 0.5) is 16.3 Å². The van der Waals surface area contributed by atoms with Gasteiger partial charge in [0.05, 0.1) is 5.52 Å². The molecule has 0 aliphatic heterocycles. The van der Waals surface area contributed by atoms with Gasteiger partial charge >= 0.3 is 6.03 Å². The molecule has 6 nitrogen and oxygen atoms in total. The molecule has 0 unspecified atom stereocenters. The third-order valence-corrected chi connectivity index (χ3v) is 5.17. The van der Waals surface area contributed by atoms with Crippen molar-refractivity contribution in [2.45, 2.75) is 19.8 Å². The lowest BCUT2D eigenvalue weighted by Crippen LogP contribution is -2.32. The summed E-state index contributed by atoms with van der Waals surface area (Å²) in [6.07, 6.45) is 0. The number of benzene rings is 3. The molecule has 162 valence electrons. The van der Waals surface area contributed by atoms with Crippen LogP contribution in [0.3, 0.4) is 0 Å². The molecule has 3 N–H and O–H groups in total. The summed E-state index contributed by atoms with van der Waals surface area (Å²) in [6, 6.07) is 25.5. The fraction of sp³-hybridized carbons (Fsp3) is 0.192. The van der Waals surface area contributed by atoms with Crippen molar-refractivity contribution in [3.8, 4) is 11.4 Å². The Morgan fingerprint density at radius 1 is 0.844 bits per heavy atom. The van der Waals surface area contributed by atoms with Crippen LogP contribution in [0.25, 0.3) is 22.3 Å². The number of amides is 2. The molecule has 0 aliphatic carbocycles. The van der Waals surface area contributed by atoms with E-state index in [-0.39, 0.29) is 6.03 Å². The zero-order chi connectivity index (χ0) is 22.3. The summed E-state index contributed by atoms with van der Waals surface area (Å²) < 4.78 is 0. The van der Waals surface area contributed by atoms with E-state index in [1.165, 1.54) is 5.56 Å². The number of hydrogen-bond donors (Lipinski definition) is 3. The van der Waals surface area contributed by atoms with Gasteiger partial charge in [-0.3, -0.25) is 0 Å². The lowest BCUT2D eigenvalue weighted by Gasteiger charge is -2.12. The van der Waals surface area contributed by atoms with Crippen LogP contribution in [0.5, 0.6) is 0 Å². The number of urea groups is 1. The van der Waals surface area contributed by atoms with Crippen LogP contribution in [0.15, 0.2) is 78.9 Å². The van der Waals surface area contributed by atoms with E-state index in [0.29, 0.717) is 24.8 Å². The molecule has 0 bridgehead atoms. The Morgan fingerprint density at radius 3 is 2.31 bits per heavy atom. The third kappa shape index (κ3) is 5.21. The van der Waals surface area contributed by atoms with Gasteiger partial charge in [0.25, 0.3) is 0 Å². The molecule has 2 amide bonds. The summed E-state index contributed by atoms with van der Waals surface area (Å²) in [4.78, 5) is 21.6. The van der Waals surface area contributed by atoms with Crippen molar-refractivity contribution in [3.05, 3.63) is 84.4 Å². The number of carbonyl (C=O) groups is 1. The Hall–Kier alpha value is -3.93. The smallest absolute Gasteiger partial charge is 0.319 e. The topological polar surface area (TPSA) is 78.9 Å². The van der Waals surface area contributed by atoms with Crippen LogP contribution in [0.1, 0.15) is 25.3 Å². The number of anilines is 2. The van der Waals surface area contributed by atoms with E-state index in [1.54, 1.807) is 0 Å². The van der Waals surface area contributed by atoms with Crippen molar-refractivity contribution >= 4 is 28.4 Å². The maximum absolute atomic E-state index is 12.2. The molecular weight excluding hydrogens is 398 g/mol. The van der Waals surface area contributed by atoms with Crippen LogP contribution >= 0.6 is 0 Å². The van der Waals surface area contributed by atoms with E-state index in [1.807, 2.05) is 78.9 Å². The van der Waals surface area contributed by atoms with E-state index in [9.17, 15) is 4.79 Å². The van der Waals surface area contributed by atoms with Crippen LogP contribution in [0, 0.1) is 0 Å². The summed E-state index contributed by atoms with van der Waals surface area (Å²) in [5, 5.41) is 10.0. The Bertz CT molecular complexity index is 1190. The molecule has 32 heavy (non-hydrogen) atoms. The number of fused-ring (bicyclic) bond motifs is 1. The second-order valence-corrected chi connectivity index (χ2v) is 7.86. The monoisotopic (exact) mass is 425 g/mol. The van der Waals surface area contributed by atoms with Gasteiger partial charge in [0, 0.05) is 29.7 Å². The van der Waals surface area contributed by atoms with Crippen molar-refractivity contribution in [2.75, 3.05) is 23.7 Å². The molecule has 4 rings (SSSR count). The fourth-order valence-corrected chi connectivity index (χ4v) is 3.41. The Labute approximate surface area is 188 Å². The van der Waals surface area contributed by atoms with E-state index in [0.717, 1.165) is 28.0 Å². The molecular formula is C26H27N5O. The quantitative estimate of drug-likeness (QED) is 0.334. The van der Waals surface area contributed by atoms with Gasteiger partial charge in [0.2, 0.25) is 0 Å². The van der Waals surface area contributed by atoms with Crippen molar-refractivity contribution in [2.24, 2.45) is 0 Å². The van der Waals surface area contributed by atoms with Gasteiger partial charge in [-0.15, -0.1) is 0 Å². The van der Waals surface area contributed by atoms with Crippen molar-refractivity contribution in [3.63, 3.8) is 0 Å². The van der Waals surface area contributed by atoms with Gasteiger partial charge in [-0.2, -0.15) is 0 Å². The standard InChI is InChI=1S/C26H27N5O/c1-18(2)19-12-14-21(15-13-19)29-26(32)28-17-16-27-25-22-10-6-7-11-23(22)30-24(31-25)20-8-4-3-5-9-20/h3-15,18H,16-17H2,1-2H3,(H,27,30,31)(H2,28,29,32). The Kier molecular flexibility index (Phi) is 6.60. The fourth-order valence-electron chi connectivity index (χ4n) is 3.41. The predicted molar refractivity (Wildman–Crippen MR) is 131 cm³/mol. The van der Waals surface area contributed by atoms with Crippen molar-refractivity contribution in [1.29, 1.82) is 0 Å². The largest absolute Gasteiger partial charge is 0.368 e. The van der Waals surface area contributed by atoms with E-state index in [4.69, 9.17) is 9.97 Å². The molecule has 1 heterocycles. The normalized spacial score (nSPS) is 10.8. The number of carbonyl (C=O) groups excluding carboxylic acids is 1. The molecule has 0 aliphatic rings. The van der Waals surface area contributed by atoms with E-state index in [2.05, 4.69) is 29.8 Å². The number of nitrogens with one attached hydrogen (secondary N) is 3. The number of aromatic nitrogens is 2. The summed E-state index contributed by atoms with van der Waals surface area (Å²) in [6.45, 7) is 5.28. The molecule has 0 radical (unpaired) electrons. The first-order valence-electron chi connectivity index (χ1n) is 10.8. The number of para-hydroxylation sites is 1. The SMILES string of the molecule is CC(C)c1ccc(NC(=O)NCCNc2nc(-c3ccccc3)nc3ccccc23)cc1. The maximum atomic E-state index is 12.2. The van der Waals surface area contributed by atoms with Gasteiger partial charge in [-0.25, -0.2) is 14.8 Å². The average molecular weight is 426 g/mol. The highest BCUT2D eigenvalue weighted by atomic mass is 16.2. The molecule has 0 fully saturated rings. The van der Waals surface area contributed by atoms with Gasteiger partial charge in [-0.05, 0) is 35.7 Å². The molecule has 0 atom stereocenters. The summed E-state index contributed by atoms with van der Waals surface area (Å²) >= 11 is 0. The molecule has 0 spiro atoms. The van der Waals surface area contributed by atoms with Crippen LogP contribution < -0.4 is 16.0 Å². The Balaban J connectivity index is 1.37. The minimum Gasteiger partial charge on any atom is -0.368 e. The van der Waals surface area contributed by atoms with Crippen LogP contribution in [-0.2, 0) is 0 Å². The molecule has 6 heteroatoms. The van der Waals surface area contributed by atoms with Gasteiger partial charge in [-0.1, -0.05) is 68.4 Å². The molecule has 1 aromatic heterocycles. The maximum Gasteiger partial charge on any atom is 0.319 e. The first kappa shape index (κ1) is 21.3. The highest BCUT2D eigenvalue weighted by molar-refractivity contribution is 5.91. The number of nitrogens with zero attached hydrogens (tertiary/aromatic N) is 2. The first-order chi connectivity index (χ1) is 15.6. The highest BCUT2D eigenvalue weighted by Crippen LogP contribution is 2.24. The highest BCUT2D eigenvalue weighted by Gasteiger charge is 2.09. The first-order valence-corrected chi connectivity index (χ1v) is 10.8. The molecule has 0 saturated heterocycles. The summed E-state index contributed by atoms with van der Waals surface area (Å²) in [5.74, 6) is 1.88. The number of rotatable bonds is 7. The van der Waals surface area contributed by atoms with Crippen molar-refractivity contribution < 1.29 is 4.79 Å². The molecule has 4 aromatic rings. The number of hydrogen-bond acceptors (Lipinski definition) is 4. The third-order valence-electron chi connectivity index (χ3n) is 5.17. The zero-order valence-electron chi connectivity index (χ0n) is 18.3. The van der Waals surface area contributed by atoms with Gasteiger partial charge in [0.1, 0.15) is 5.82 Å². The lowest BCUT2D eigenvalue weighted by molar-refractivity contribution is 0.252. The van der Waals surface area contributed by atoms with Crippen LogP contribution in [0.2, 0.25) is 0 Å². The van der Waals surface area contributed by atoms with Gasteiger partial charge in [0.15, 0.2) is 5.82 Å². The predicted octanol–water partition coefficient (Wildman–Crippen LogP) is 5.65.